The van der Waals surface area contributed by atoms with E-state index in [1.807, 2.05) is 13.0 Å². The number of benzene rings is 1. The van der Waals surface area contributed by atoms with Crippen molar-refractivity contribution in [2.24, 2.45) is 0 Å². The molecular weight excluding hydrogens is 320 g/mol. The van der Waals surface area contributed by atoms with Crippen molar-refractivity contribution >= 4 is 50.3 Å². The first-order valence-corrected chi connectivity index (χ1v) is 8.09. The number of nitrogens with one attached hydrogen (secondary N) is 1. The molecule has 0 fully saturated rings. The number of thiophene rings is 1. The smallest absolute Gasteiger partial charge is 0.345 e. The molecule has 0 saturated heterocycles. The molecule has 112 valence electrons. The highest BCUT2D eigenvalue weighted by Gasteiger charge is 2.15. The number of thiazole rings is 1. The summed E-state index contributed by atoms with van der Waals surface area (Å²) in [7, 11) is 0. The van der Waals surface area contributed by atoms with Crippen molar-refractivity contribution in [3.05, 3.63) is 44.7 Å². The summed E-state index contributed by atoms with van der Waals surface area (Å²) in [5.41, 5.74) is 1.35. The van der Waals surface area contributed by atoms with E-state index in [4.69, 9.17) is 5.11 Å². The predicted molar refractivity (Wildman–Crippen MR) is 88.3 cm³/mol. The third-order valence-electron chi connectivity index (χ3n) is 3.09. The highest BCUT2D eigenvalue weighted by atomic mass is 32.1. The van der Waals surface area contributed by atoms with Crippen LogP contribution in [0.5, 0.6) is 0 Å². The second-order valence-corrected chi connectivity index (χ2v) is 7.06. The van der Waals surface area contributed by atoms with Crippen LogP contribution in [0.4, 0.5) is 5.69 Å². The summed E-state index contributed by atoms with van der Waals surface area (Å²) >= 11 is 2.57. The monoisotopic (exact) mass is 332 g/mol. The zero-order chi connectivity index (χ0) is 15.9. The molecule has 0 saturated carbocycles. The third kappa shape index (κ3) is 2.72. The first kappa shape index (κ1) is 14.7. The van der Waals surface area contributed by atoms with Crippen LogP contribution in [-0.2, 0) is 0 Å². The first-order valence-electron chi connectivity index (χ1n) is 6.46. The van der Waals surface area contributed by atoms with E-state index >= 15 is 0 Å². The van der Waals surface area contributed by atoms with Crippen LogP contribution in [-0.4, -0.2) is 22.0 Å². The predicted octanol–water partition coefficient (Wildman–Crippen LogP) is 3.93. The molecule has 22 heavy (non-hydrogen) atoms. The van der Waals surface area contributed by atoms with E-state index in [9.17, 15) is 9.59 Å². The van der Waals surface area contributed by atoms with Gasteiger partial charge >= 0.3 is 5.97 Å². The maximum absolute atomic E-state index is 12.3. The number of hydrogen-bond donors (Lipinski definition) is 2. The van der Waals surface area contributed by atoms with Crippen molar-refractivity contribution in [3.8, 4) is 0 Å². The molecule has 5 nitrogen and oxygen atoms in total. The van der Waals surface area contributed by atoms with Crippen LogP contribution in [0.25, 0.3) is 10.1 Å². The first-order chi connectivity index (χ1) is 10.4. The van der Waals surface area contributed by atoms with Gasteiger partial charge in [-0.3, -0.25) is 4.79 Å². The van der Waals surface area contributed by atoms with E-state index < -0.39 is 5.97 Å². The molecule has 0 unspecified atom stereocenters. The van der Waals surface area contributed by atoms with Gasteiger partial charge in [0.05, 0.1) is 10.7 Å². The van der Waals surface area contributed by atoms with Gasteiger partial charge in [0.1, 0.15) is 9.75 Å². The van der Waals surface area contributed by atoms with Gasteiger partial charge in [-0.05, 0) is 43.5 Å². The molecule has 0 aliphatic heterocycles. The van der Waals surface area contributed by atoms with E-state index in [2.05, 4.69) is 10.3 Å². The molecule has 3 aromatic rings. The Labute approximate surface area is 134 Å². The zero-order valence-corrected chi connectivity index (χ0v) is 13.5. The van der Waals surface area contributed by atoms with Gasteiger partial charge < -0.3 is 10.4 Å². The van der Waals surface area contributed by atoms with E-state index in [-0.39, 0.29) is 10.8 Å². The number of anilines is 1. The molecule has 3 rings (SSSR count). The molecular formula is C15H12N2O3S2. The summed E-state index contributed by atoms with van der Waals surface area (Å²) in [4.78, 5) is 28.4. The topological polar surface area (TPSA) is 79.3 Å². The Balaban J connectivity index is 1.89. The summed E-state index contributed by atoms with van der Waals surface area (Å²) in [6.07, 6.45) is 0. The molecule has 1 amide bonds. The van der Waals surface area contributed by atoms with Crippen LogP contribution in [0.1, 0.15) is 30.0 Å². The number of aryl methyl sites for hydroxylation is 2. The lowest BCUT2D eigenvalue weighted by Crippen LogP contribution is -2.11. The molecule has 0 aliphatic rings. The van der Waals surface area contributed by atoms with Crippen molar-refractivity contribution in [3.63, 3.8) is 0 Å². The molecule has 2 heterocycles. The van der Waals surface area contributed by atoms with E-state index in [1.165, 1.54) is 22.7 Å². The highest BCUT2D eigenvalue weighted by molar-refractivity contribution is 7.20. The van der Waals surface area contributed by atoms with Gasteiger partial charge in [-0.25, -0.2) is 9.78 Å². The van der Waals surface area contributed by atoms with Crippen molar-refractivity contribution in [1.82, 2.24) is 4.98 Å². The lowest BCUT2D eigenvalue weighted by Gasteiger charge is -2.04. The Kier molecular flexibility index (Phi) is 3.67. The minimum atomic E-state index is -0.942. The zero-order valence-electron chi connectivity index (χ0n) is 11.8. The normalized spacial score (nSPS) is 10.8. The minimum Gasteiger partial charge on any atom is -0.477 e. The summed E-state index contributed by atoms with van der Waals surface area (Å²) in [6.45, 7) is 3.67. The fraction of sp³-hybridized carbons (Fsp3) is 0.133. The average molecular weight is 332 g/mol. The standard InChI is InChI=1S/C15H12N2O3S2/c1-7-13(21-8(2)16-7)14(18)17-10-3-4-11-9(5-10)6-12(22-11)15(19)20/h3-6H,1-2H3,(H,17,18)(H,19,20). The molecule has 0 bridgehead atoms. The van der Waals surface area contributed by atoms with Gasteiger partial charge in [-0.2, -0.15) is 0 Å². The van der Waals surface area contributed by atoms with Crippen molar-refractivity contribution in [2.75, 3.05) is 5.32 Å². The molecule has 7 heteroatoms. The van der Waals surface area contributed by atoms with Gasteiger partial charge in [-0.1, -0.05) is 0 Å². The number of amides is 1. The van der Waals surface area contributed by atoms with Crippen LogP contribution in [0.3, 0.4) is 0 Å². The summed E-state index contributed by atoms with van der Waals surface area (Å²) in [5, 5.41) is 13.5. The molecule has 0 spiro atoms. The van der Waals surface area contributed by atoms with Crippen LogP contribution in [0, 0.1) is 13.8 Å². The van der Waals surface area contributed by atoms with Crippen molar-refractivity contribution in [2.45, 2.75) is 13.8 Å². The molecule has 0 radical (unpaired) electrons. The number of aromatic nitrogens is 1. The third-order valence-corrected chi connectivity index (χ3v) is 5.27. The number of fused-ring (bicyclic) bond motifs is 1. The second-order valence-electron chi connectivity index (χ2n) is 4.77. The number of carboxylic acids is 1. The van der Waals surface area contributed by atoms with Gasteiger partial charge in [0.2, 0.25) is 0 Å². The molecule has 2 N–H and O–H groups in total. The Morgan fingerprint density at radius 3 is 2.59 bits per heavy atom. The second kappa shape index (κ2) is 5.51. The Morgan fingerprint density at radius 1 is 1.18 bits per heavy atom. The molecule has 0 atom stereocenters. The highest BCUT2D eigenvalue weighted by Crippen LogP contribution is 2.28. The number of rotatable bonds is 3. The van der Waals surface area contributed by atoms with Gasteiger partial charge in [0.25, 0.3) is 5.91 Å². The fourth-order valence-electron chi connectivity index (χ4n) is 2.16. The fourth-order valence-corrected chi connectivity index (χ4v) is 3.85. The number of carbonyl (C=O) groups is 2. The summed E-state index contributed by atoms with van der Waals surface area (Å²) < 4.78 is 0.875. The van der Waals surface area contributed by atoms with E-state index in [0.29, 0.717) is 16.3 Å². The lowest BCUT2D eigenvalue weighted by atomic mass is 10.2. The number of carbonyl (C=O) groups excluding carboxylic acids is 1. The Morgan fingerprint density at radius 2 is 1.95 bits per heavy atom. The molecule has 2 aromatic heterocycles. The van der Waals surface area contributed by atoms with Crippen LogP contribution < -0.4 is 5.32 Å². The van der Waals surface area contributed by atoms with E-state index in [1.54, 1.807) is 25.1 Å². The van der Waals surface area contributed by atoms with Crippen molar-refractivity contribution < 1.29 is 14.7 Å². The van der Waals surface area contributed by atoms with Crippen LogP contribution in [0.15, 0.2) is 24.3 Å². The summed E-state index contributed by atoms with van der Waals surface area (Å²) in [5.74, 6) is -1.14. The van der Waals surface area contributed by atoms with E-state index in [0.717, 1.165) is 15.1 Å². The maximum atomic E-state index is 12.3. The van der Waals surface area contributed by atoms with Crippen molar-refractivity contribution in [1.29, 1.82) is 0 Å². The van der Waals surface area contributed by atoms with Gasteiger partial charge in [0.15, 0.2) is 0 Å². The number of hydrogen-bond acceptors (Lipinski definition) is 5. The minimum absolute atomic E-state index is 0.198. The van der Waals surface area contributed by atoms with Gasteiger partial charge in [-0.15, -0.1) is 22.7 Å². The van der Waals surface area contributed by atoms with Crippen LogP contribution >= 0.6 is 22.7 Å². The van der Waals surface area contributed by atoms with Crippen LogP contribution in [0.2, 0.25) is 0 Å². The quantitative estimate of drug-likeness (QED) is 0.762. The summed E-state index contributed by atoms with van der Waals surface area (Å²) in [6, 6.07) is 6.97. The lowest BCUT2D eigenvalue weighted by molar-refractivity contribution is 0.0702. The Bertz CT molecular complexity index is 895. The number of nitrogens with zero attached hydrogens (tertiary/aromatic N) is 1. The van der Waals surface area contributed by atoms with Gasteiger partial charge in [0, 0.05) is 10.4 Å². The average Bonchev–Trinajstić information content (AvgIpc) is 3.01. The number of aromatic carboxylic acids is 1. The molecule has 0 aliphatic carbocycles. The SMILES string of the molecule is Cc1nc(C)c(C(=O)Nc2ccc3sc(C(=O)O)cc3c2)s1. The Hall–Kier alpha value is -2.25. The largest absolute Gasteiger partial charge is 0.477 e. The maximum Gasteiger partial charge on any atom is 0.345 e. The number of carboxylic acid groups (broad SMARTS) is 1. The molecule has 1 aromatic carbocycles.